The zero-order chi connectivity index (χ0) is 13.1. The second kappa shape index (κ2) is 9.83. The molecular weight excluding hydrogens is 218 g/mol. The van der Waals surface area contributed by atoms with E-state index in [2.05, 4.69) is 19.2 Å². The van der Waals surface area contributed by atoms with Gasteiger partial charge in [-0.25, -0.2) is 0 Å². The zero-order valence-corrected chi connectivity index (χ0v) is 12.9. The van der Waals surface area contributed by atoms with E-state index in [0.29, 0.717) is 5.54 Å². The van der Waals surface area contributed by atoms with E-state index in [9.17, 15) is 0 Å². The van der Waals surface area contributed by atoms with Crippen LogP contribution in [-0.4, -0.2) is 12.1 Å². The lowest BCUT2D eigenvalue weighted by Gasteiger charge is -2.39. The molecule has 0 aromatic carbocycles. The molecule has 0 amide bonds. The van der Waals surface area contributed by atoms with Gasteiger partial charge in [-0.15, -0.1) is 0 Å². The van der Waals surface area contributed by atoms with Crippen molar-refractivity contribution in [1.82, 2.24) is 5.32 Å². The van der Waals surface area contributed by atoms with E-state index >= 15 is 0 Å². The van der Waals surface area contributed by atoms with Crippen molar-refractivity contribution in [3.63, 3.8) is 0 Å². The minimum atomic E-state index is 0.527. The van der Waals surface area contributed by atoms with Crippen molar-refractivity contribution in [2.45, 2.75) is 103 Å². The molecule has 0 aromatic rings. The van der Waals surface area contributed by atoms with Gasteiger partial charge < -0.3 is 5.32 Å². The standard InChI is InChI=1S/C17H35N/c1-3-5-7-12-16-18-17(13-9-6-4-2)14-10-8-11-15-17/h18H,3-16H2,1-2H3. The summed E-state index contributed by atoms with van der Waals surface area (Å²) in [5, 5.41) is 3.95. The monoisotopic (exact) mass is 253 g/mol. The predicted octanol–water partition coefficient (Wildman–Crippen LogP) is 5.44. The van der Waals surface area contributed by atoms with Gasteiger partial charge in [0.05, 0.1) is 0 Å². The molecule has 1 aliphatic rings. The number of nitrogens with one attached hydrogen (secondary N) is 1. The Kier molecular flexibility index (Phi) is 8.75. The highest BCUT2D eigenvalue weighted by Gasteiger charge is 2.30. The highest BCUT2D eigenvalue weighted by Crippen LogP contribution is 2.32. The highest BCUT2D eigenvalue weighted by molar-refractivity contribution is 4.90. The first-order valence-electron chi connectivity index (χ1n) is 8.58. The summed E-state index contributed by atoms with van der Waals surface area (Å²) in [6.45, 7) is 5.86. The van der Waals surface area contributed by atoms with Crippen LogP contribution in [0.1, 0.15) is 97.3 Å². The lowest BCUT2D eigenvalue weighted by Crippen LogP contribution is -2.47. The van der Waals surface area contributed by atoms with Gasteiger partial charge in [-0.1, -0.05) is 71.6 Å². The van der Waals surface area contributed by atoms with Crippen LogP contribution in [0.15, 0.2) is 0 Å². The molecule has 1 saturated carbocycles. The quantitative estimate of drug-likeness (QED) is 0.511. The zero-order valence-electron chi connectivity index (χ0n) is 12.9. The molecule has 1 fully saturated rings. The largest absolute Gasteiger partial charge is 0.311 e. The smallest absolute Gasteiger partial charge is 0.0181 e. The summed E-state index contributed by atoms with van der Waals surface area (Å²) in [7, 11) is 0. The van der Waals surface area contributed by atoms with Crippen molar-refractivity contribution < 1.29 is 0 Å². The van der Waals surface area contributed by atoms with E-state index in [0.717, 1.165) is 0 Å². The van der Waals surface area contributed by atoms with E-state index in [4.69, 9.17) is 0 Å². The number of rotatable bonds is 10. The lowest BCUT2D eigenvalue weighted by atomic mass is 9.78. The maximum Gasteiger partial charge on any atom is 0.0181 e. The molecule has 18 heavy (non-hydrogen) atoms. The number of unbranched alkanes of at least 4 members (excludes halogenated alkanes) is 5. The molecule has 0 unspecified atom stereocenters. The van der Waals surface area contributed by atoms with Gasteiger partial charge in [0, 0.05) is 5.54 Å². The molecule has 0 aliphatic heterocycles. The highest BCUT2D eigenvalue weighted by atomic mass is 15.0. The number of hydrogen-bond donors (Lipinski definition) is 1. The second-order valence-corrected chi connectivity index (χ2v) is 6.29. The van der Waals surface area contributed by atoms with Gasteiger partial charge in [0.2, 0.25) is 0 Å². The fraction of sp³-hybridized carbons (Fsp3) is 1.00. The normalized spacial score (nSPS) is 19.0. The van der Waals surface area contributed by atoms with Crippen LogP contribution in [-0.2, 0) is 0 Å². The third kappa shape index (κ3) is 6.22. The first-order chi connectivity index (χ1) is 8.83. The Labute approximate surface area is 115 Å². The first kappa shape index (κ1) is 16.0. The van der Waals surface area contributed by atoms with Crippen LogP contribution in [0.4, 0.5) is 0 Å². The summed E-state index contributed by atoms with van der Waals surface area (Å²) in [6.07, 6.45) is 18.4. The Hall–Kier alpha value is -0.0400. The van der Waals surface area contributed by atoms with Crippen molar-refractivity contribution in [1.29, 1.82) is 0 Å². The van der Waals surface area contributed by atoms with E-state index < -0.39 is 0 Å². The van der Waals surface area contributed by atoms with Crippen molar-refractivity contribution in [3.05, 3.63) is 0 Å². The van der Waals surface area contributed by atoms with Crippen LogP contribution in [0.5, 0.6) is 0 Å². The average Bonchev–Trinajstić information content (AvgIpc) is 2.40. The number of hydrogen-bond acceptors (Lipinski definition) is 1. The molecule has 1 nitrogen and oxygen atoms in total. The fourth-order valence-electron chi connectivity index (χ4n) is 3.36. The van der Waals surface area contributed by atoms with Gasteiger partial charge in [0.1, 0.15) is 0 Å². The Morgan fingerprint density at radius 1 is 0.778 bits per heavy atom. The maximum absolute atomic E-state index is 3.95. The van der Waals surface area contributed by atoms with Gasteiger partial charge in [0.15, 0.2) is 0 Å². The third-order valence-electron chi connectivity index (χ3n) is 4.60. The molecule has 1 N–H and O–H groups in total. The molecule has 0 radical (unpaired) electrons. The van der Waals surface area contributed by atoms with E-state index in [1.807, 2.05) is 0 Å². The van der Waals surface area contributed by atoms with Gasteiger partial charge in [-0.05, 0) is 32.2 Å². The Morgan fingerprint density at radius 2 is 1.44 bits per heavy atom. The lowest BCUT2D eigenvalue weighted by molar-refractivity contribution is 0.209. The van der Waals surface area contributed by atoms with Crippen LogP contribution in [0.3, 0.4) is 0 Å². The van der Waals surface area contributed by atoms with Crippen molar-refractivity contribution >= 4 is 0 Å². The van der Waals surface area contributed by atoms with Gasteiger partial charge in [0.25, 0.3) is 0 Å². The summed E-state index contributed by atoms with van der Waals surface area (Å²) in [4.78, 5) is 0. The molecule has 0 heterocycles. The van der Waals surface area contributed by atoms with Crippen molar-refractivity contribution in [2.24, 2.45) is 0 Å². The summed E-state index contributed by atoms with van der Waals surface area (Å²) in [6, 6.07) is 0. The molecule has 1 aliphatic carbocycles. The predicted molar refractivity (Wildman–Crippen MR) is 82.1 cm³/mol. The minimum absolute atomic E-state index is 0.527. The van der Waals surface area contributed by atoms with Gasteiger partial charge in [-0.2, -0.15) is 0 Å². The van der Waals surface area contributed by atoms with E-state index in [-0.39, 0.29) is 0 Å². The molecule has 0 bridgehead atoms. The summed E-state index contributed by atoms with van der Waals surface area (Å²) >= 11 is 0. The molecule has 108 valence electrons. The molecule has 1 rings (SSSR count). The topological polar surface area (TPSA) is 12.0 Å². The SMILES string of the molecule is CCCCCCNC1(CCCCC)CCCCC1. The molecule has 0 aromatic heterocycles. The molecule has 0 atom stereocenters. The average molecular weight is 253 g/mol. The summed E-state index contributed by atoms with van der Waals surface area (Å²) in [5.41, 5.74) is 0.527. The molecule has 0 spiro atoms. The van der Waals surface area contributed by atoms with Crippen LogP contribution >= 0.6 is 0 Å². The third-order valence-corrected chi connectivity index (χ3v) is 4.60. The van der Waals surface area contributed by atoms with Crippen molar-refractivity contribution in [2.75, 3.05) is 6.54 Å². The summed E-state index contributed by atoms with van der Waals surface area (Å²) in [5.74, 6) is 0. The molecular formula is C17H35N. The second-order valence-electron chi connectivity index (χ2n) is 6.29. The molecule has 1 heteroatoms. The Morgan fingerprint density at radius 3 is 2.11 bits per heavy atom. The Balaban J connectivity index is 2.25. The van der Waals surface area contributed by atoms with Crippen molar-refractivity contribution in [3.8, 4) is 0 Å². The van der Waals surface area contributed by atoms with Crippen LogP contribution in [0.2, 0.25) is 0 Å². The molecule has 0 saturated heterocycles. The fourth-order valence-corrected chi connectivity index (χ4v) is 3.36. The maximum atomic E-state index is 3.95. The summed E-state index contributed by atoms with van der Waals surface area (Å²) < 4.78 is 0. The van der Waals surface area contributed by atoms with E-state index in [1.165, 1.54) is 90.0 Å². The Bertz CT molecular complexity index is 182. The van der Waals surface area contributed by atoms with Gasteiger partial charge in [-0.3, -0.25) is 0 Å². The van der Waals surface area contributed by atoms with E-state index in [1.54, 1.807) is 0 Å². The van der Waals surface area contributed by atoms with Crippen LogP contribution < -0.4 is 5.32 Å². The minimum Gasteiger partial charge on any atom is -0.311 e. The van der Waals surface area contributed by atoms with Gasteiger partial charge >= 0.3 is 0 Å². The van der Waals surface area contributed by atoms with Crippen LogP contribution in [0.25, 0.3) is 0 Å². The first-order valence-corrected chi connectivity index (χ1v) is 8.58. The van der Waals surface area contributed by atoms with Crippen LogP contribution in [0, 0.1) is 0 Å².